The third kappa shape index (κ3) is 7.49. The van der Waals surface area contributed by atoms with Gasteiger partial charge in [-0.15, -0.1) is 12.4 Å². The van der Waals surface area contributed by atoms with Crippen LogP contribution in [-0.2, 0) is 4.79 Å². The number of carbonyl (C=O) groups excluding carboxylic acids is 1. The van der Waals surface area contributed by atoms with Gasteiger partial charge in [-0.2, -0.15) is 0 Å². The van der Waals surface area contributed by atoms with Crippen LogP contribution in [0.1, 0.15) is 59.3 Å². The average Bonchev–Trinajstić information content (AvgIpc) is 2.36. The number of carbonyl (C=O) groups is 1. The van der Waals surface area contributed by atoms with Crippen molar-refractivity contribution in [1.29, 1.82) is 0 Å². The first-order valence-corrected chi connectivity index (χ1v) is 7.84. The van der Waals surface area contributed by atoms with Gasteiger partial charge in [0.2, 0.25) is 5.91 Å². The minimum atomic E-state index is 0. The zero-order chi connectivity index (χ0) is 14.3. The highest BCUT2D eigenvalue weighted by molar-refractivity contribution is 5.85. The molecule has 0 bridgehead atoms. The van der Waals surface area contributed by atoms with Gasteiger partial charge in [0.05, 0.1) is 0 Å². The molecule has 0 aromatic rings. The van der Waals surface area contributed by atoms with Gasteiger partial charge < -0.3 is 10.6 Å². The minimum Gasteiger partial charge on any atom is -0.356 e. The number of rotatable bonds is 6. The van der Waals surface area contributed by atoms with E-state index in [2.05, 4.69) is 31.4 Å². The van der Waals surface area contributed by atoms with Crippen molar-refractivity contribution in [3.05, 3.63) is 0 Å². The molecular formula is C16H33ClN2O. The number of nitrogens with one attached hydrogen (secondary N) is 2. The van der Waals surface area contributed by atoms with Gasteiger partial charge in [0.15, 0.2) is 0 Å². The van der Waals surface area contributed by atoms with Crippen LogP contribution in [0.4, 0.5) is 0 Å². The molecule has 1 amide bonds. The first-order valence-electron chi connectivity index (χ1n) is 7.84. The summed E-state index contributed by atoms with van der Waals surface area (Å²) >= 11 is 0. The Bertz CT molecular complexity index is 268. The van der Waals surface area contributed by atoms with Crippen molar-refractivity contribution in [2.24, 2.45) is 17.3 Å². The lowest BCUT2D eigenvalue weighted by Crippen LogP contribution is -2.33. The van der Waals surface area contributed by atoms with E-state index in [4.69, 9.17) is 0 Å². The van der Waals surface area contributed by atoms with E-state index in [-0.39, 0.29) is 18.3 Å². The Balaban J connectivity index is 0.00000361. The van der Waals surface area contributed by atoms with Crippen molar-refractivity contribution in [1.82, 2.24) is 10.6 Å². The first kappa shape index (κ1) is 19.7. The molecule has 1 aliphatic carbocycles. The fourth-order valence-corrected chi connectivity index (χ4v) is 3.00. The fourth-order valence-electron chi connectivity index (χ4n) is 3.00. The molecule has 1 fully saturated rings. The lowest BCUT2D eigenvalue weighted by molar-refractivity contribution is -0.121. The maximum absolute atomic E-state index is 11.6. The summed E-state index contributed by atoms with van der Waals surface area (Å²) in [5.41, 5.74) is 0.446. The molecule has 3 nitrogen and oxygen atoms in total. The van der Waals surface area contributed by atoms with Crippen LogP contribution in [-0.4, -0.2) is 26.0 Å². The SMILES string of the molecule is CNCCCC(=O)NCC1CCC(C(C)(C)C)CC1.Cl. The van der Waals surface area contributed by atoms with E-state index in [9.17, 15) is 4.79 Å². The Labute approximate surface area is 131 Å². The van der Waals surface area contributed by atoms with Crippen LogP contribution in [0.3, 0.4) is 0 Å². The smallest absolute Gasteiger partial charge is 0.220 e. The average molecular weight is 305 g/mol. The maximum Gasteiger partial charge on any atom is 0.220 e. The third-order valence-corrected chi connectivity index (χ3v) is 4.49. The summed E-state index contributed by atoms with van der Waals surface area (Å²) < 4.78 is 0. The van der Waals surface area contributed by atoms with Crippen molar-refractivity contribution in [2.75, 3.05) is 20.1 Å². The summed E-state index contributed by atoms with van der Waals surface area (Å²) in [5, 5.41) is 6.17. The van der Waals surface area contributed by atoms with E-state index in [0.717, 1.165) is 25.4 Å². The number of amides is 1. The van der Waals surface area contributed by atoms with Crippen LogP contribution < -0.4 is 10.6 Å². The molecule has 0 spiro atoms. The molecule has 0 aromatic carbocycles. The molecule has 0 heterocycles. The second kappa shape index (κ2) is 9.62. The van der Waals surface area contributed by atoms with Gasteiger partial charge in [-0.1, -0.05) is 20.8 Å². The largest absolute Gasteiger partial charge is 0.356 e. The molecular weight excluding hydrogens is 272 g/mol. The Morgan fingerprint density at radius 3 is 2.25 bits per heavy atom. The molecule has 2 N–H and O–H groups in total. The van der Waals surface area contributed by atoms with Gasteiger partial charge in [0, 0.05) is 13.0 Å². The van der Waals surface area contributed by atoms with Gasteiger partial charge >= 0.3 is 0 Å². The van der Waals surface area contributed by atoms with Crippen LogP contribution in [0.5, 0.6) is 0 Å². The summed E-state index contributed by atoms with van der Waals surface area (Å²) in [4.78, 5) is 11.6. The lowest BCUT2D eigenvalue weighted by Gasteiger charge is -2.37. The summed E-state index contributed by atoms with van der Waals surface area (Å²) in [7, 11) is 1.92. The topological polar surface area (TPSA) is 41.1 Å². The second-order valence-corrected chi connectivity index (χ2v) is 7.09. The van der Waals surface area contributed by atoms with Gasteiger partial charge in [0.25, 0.3) is 0 Å². The highest BCUT2D eigenvalue weighted by Crippen LogP contribution is 2.39. The van der Waals surface area contributed by atoms with E-state index >= 15 is 0 Å². The van der Waals surface area contributed by atoms with Gasteiger partial charge in [0.1, 0.15) is 0 Å². The van der Waals surface area contributed by atoms with Crippen LogP contribution in [0.2, 0.25) is 0 Å². The standard InChI is InChI=1S/C16H32N2O.ClH/c1-16(2,3)14-9-7-13(8-10-14)12-18-15(19)6-5-11-17-4;/h13-14,17H,5-12H2,1-4H3,(H,18,19);1H. The number of hydrogen-bond acceptors (Lipinski definition) is 2. The van der Waals surface area contributed by atoms with Gasteiger partial charge in [-0.05, 0) is 62.9 Å². The molecule has 0 unspecified atom stereocenters. The molecule has 1 saturated carbocycles. The zero-order valence-electron chi connectivity index (χ0n) is 13.6. The Hall–Kier alpha value is -0.280. The fraction of sp³-hybridized carbons (Fsp3) is 0.938. The Morgan fingerprint density at radius 1 is 1.15 bits per heavy atom. The van der Waals surface area contributed by atoms with E-state index in [1.807, 2.05) is 7.05 Å². The van der Waals surface area contributed by atoms with Crippen LogP contribution in [0.15, 0.2) is 0 Å². The molecule has 120 valence electrons. The van der Waals surface area contributed by atoms with Crippen LogP contribution in [0.25, 0.3) is 0 Å². The van der Waals surface area contributed by atoms with Gasteiger partial charge in [-0.3, -0.25) is 4.79 Å². The molecule has 1 rings (SSSR count). The molecule has 4 heteroatoms. The Morgan fingerprint density at radius 2 is 1.75 bits per heavy atom. The monoisotopic (exact) mass is 304 g/mol. The maximum atomic E-state index is 11.6. The predicted octanol–water partition coefficient (Wildman–Crippen LogP) is 3.38. The zero-order valence-corrected chi connectivity index (χ0v) is 14.4. The summed E-state index contributed by atoms with van der Waals surface area (Å²) in [6, 6.07) is 0. The molecule has 0 atom stereocenters. The van der Waals surface area contributed by atoms with Crippen molar-refractivity contribution >= 4 is 18.3 Å². The van der Waals surface area contributed by atoms with E-state index < -0.39 is 0 Å². The van der Waals surface area contributed by atoms with E-state index in [0.29, 0.717) is 17.8 Å². The van der Waals surface area contributed by atoms with E-state index in [1.165, 1.54) is 25.7 Å². The van der Waals surface area contributed by atoms with Crippen molar-refractivity contribution in [3.8, 4) is 0 Å². The predicted molar refractivity (Wildman–Crippen MR) is 88.3 cm³/mol. The number of halogens is 1. The molecule has 0 aromatic heterocycles. The number of hydrogen-bond donors (Lipinski definition) is 2. The highest BCUT2D eigenvalue weighted by Gasteiger charge is 2.29. The van der Waals surface area contributed by atoms with E-state index in [1.54, 1.807) is 0 Å². The van der Waals surface area contributed by atoms with Crippen molar-refractivity contribution in [3.63, 3.8) is 0 Å². The third-order valence-electron chi connectivity index (χ3n) is 4.49. The minimum absolute atomic E-state index is 0. The second-order valence-electron chi connectivity index (χ2n) is 7.09. The molecule has 20 heavy (non-hydrogen) atoms. The quantitative estimate of drug-likeness (QED) is 0.739. The molecule has 0 aliphatic heterocycles. The Kier molecular flexibility index (Phi) is 9.48. The lowest BCUT2D eigenvalue weighted by atomic mass is 9.70. The van der Waals surface area contributed by atoms with Crippen molar-refractivity contribution < 1.29 is 4.79 Å². The summed E-state index contributed by atoms with van der Waals surface area (Å²) in [5.74, 6) is 1.77. The van der Waals surface area contributed by atoms with Crippen molar-refractivity contribution in [2.45, 2.75) is 59.3 Å². The molecule has 1 aliphatic rings. The van der Waals surface area contributed by atoms with Crippen LogP contribution in [0, 0.1) is 17.3 Å². The van der Waals surface area contributed by atoms with Crippen LogP contribution >= 0.6 is 12.4 Å². The normalized spacial score (nSPS) is 23.0. The highest BCUT2D eigenvalue weighted by atomic mass is 35.5. The summed E-state index contributed by atoms with van der Waals surface area (Å²) in [6.07, 6.45) is 6.78. The molecule has 0 saturated heterocycles. The van der Waals surface area contributed by atoms with Gasteiger partial charge in [-0.25, -0.2) is 0 Å². The summed E-state index contributed by atoms with van der Waals surface area (Å²) in [6.45, 7) is 8.85. The first-order chi connectivity index (χ1) is 8.93. The molecule has 0 radical (unpaired) electrons.